The van der Waals surface area contributed by atoms with Crippen molar-refractivity contribution in [3.8, 4) is 0 Å². The number of aliphatic hydroxyl groups excluding tert-OH is 2. The molecule has 0 aliphatic heterocycles. The number of rotatable bonds is 2. The maximum Gasteiger partial charge on any atom is 0.119 e. The van der Waals surface area contributed by atoms with Gasteiger partial charge in [-0.15, -0.1) is 0 Å². The Balaban J connectivity index is 0. The SMILES string of the molecule is CCC=O.OCCO. The molecule has 0 amide bonds. The van der Waals surface area contributed by atoms with Crippen LogP contribution in [0.25, 0.3) is 0 Å². The van der Waals surface area contributed by atoms with Gasteiger partial charge in [-0.05, 0) is 0 Å². The lowest BCUT2D eigenvalue weighted by molar-refractivity contribution is -0.107. The third kappa shape index (κ3) is 46.6. The molecule has 0 aliphatic carbocycles. The first-order valence-corrected chi connectivity index (χ1v) is 2.48. The number of aliphatic hydroxyl groups is 2. The first-order chi connectivity index (χ1) is 3.83. The normalized spacial score (nSPS) is 6.88. The summed E-state index contributed by atoms with van der Waals surface area (Å²) in [6.45, 7) is 1.56. The van der Waals surface area contributed by atoms with Crippen LogP contribution in [0.5, 0.6) is 0 Å². The molecule has 3 heteroatoms. The van der Waals surface area contributed by atoms with Gasteiger partial charge in [0.15, 0.2) is 0 Å². The second kappa shape index (κ2) is 16.0. The number of hydrogen-bond acceptors (Lipinski definition) is 3. The summed E-state index contributed by atoms with van der Waals surface area (Å²) in [7, 11) is 0. The lowest BCUT2D eigenvalue weighted by Crippen LogP contribution is -1.85. The van der Waals surface area contributed by atoms with E-state index in [1.165, 1.54) is 0 Å². The van der Waals surface area contributed by atoms with Crippen LogP contribution in [0.15, 0.2) is 0 Å². The molecule has 0 saturated carbocycles. The summed E-state index contributed by atoms with van der Waals surface area (Å²) in [6, 6.07) is 0. The van der Waals surface area contributed by atoms with Crippen molar-refractivity contribution in [2.45, 2.75) is 13.3 Å². The first-order valence-electron chi connectivity index (χ1n) is 2.48. The molecule has 0 radical (unpaired) electrons. The minimum atomic E-state index is -0.125. The van der Waals surface area contributed by atoms with Gasteiger partial charge >= 0.3 is 0 Å². The zero-order valence-electron chi connectivity index (χ0n) is 5.00. The Morgan fingerprint density at radius 3 is 1.62 bits per heavy atom. The quantitative estimate of drug-likeness (QED) is 0.486. The molecule has 0 rings (SSSR count). The molecule has 0 unspecified atom stereocenters. The van der Waals surface area contributed by atoms with Gasteiger partial charge in [0.25, 0.3) is 0 Å². The smallest absolute Gasteiger partial charge is 0.119 e. The van der Waals surface area contributed by atoms with Gasteiger partial charge in [0, 0.05) is 6.42 Å². The molecule has 0 aromatic heterocycles. The summed E-state index contributed by atoms with van der Waals surface area (Å²) >= 11 is 0. The first kappa shape index (κ1) is 10.5. The Bertz CT molecular complexity index is 34.7. The fourth-order valence-electron chi connectivity index (χ4n) is 0. The Morgan fingerprint density at radius 2 is 1.62 bits per heavy atom. The van der Waals surface area contributed by atoms with Gasteiger partial charge in [-0.2, -0.15) is 0 Å². The molecule has 8 heavy (non-hydrogen) atoms. The van der Waals surface area contributed by atoms with Crippen LogP contribution in [0.2, 0.25) is 0 Å². The van der Waals surface area contributed by atoms with Gasteiger partial charge in [0.2, 0.25) is 0 Å². The van der Waals surface area contributed by atoms with Gasteiger partial charge in [-0.3, -0.25) is 0 Å². The molecule has 0 heterocycles. The Kier molecular flexibility index (Phi) is 21.1. The highest BCUT2D eigenvalue weighted by Gasteiger charge is 1.58. The maximum absolute atomic E-state index is 9.17. The highest BCUT2D eigenvalue weighted by Crippen LogP contribution is 1.53. The van der Waals surface area contributed by atoms with Crippen LogP contribution >= 0.6 is 0 Å². The van der Waals surface area contributed by atoms with E-state index in [1.54, 1.807) is 0 Å². The van der Waals surface area contributed by atoms with E-state index in [-0.39, 0.29) is 13.2 Å². The third-order valence-electron chi connectivity index (χ3n) is 0.267. The molecule has 50 valence electrons. The number of aldehydes is 1. The van der Waals surface area contributed by atoms with Crippen LogP contribution in [0.3, 0.4) is 0 Å². The summed E-state index contributed by atoms with van der Waals surface area (Å²) in [5, 5.41) is 15.2. The van der Waals surface area contributed by atoms with E-state index < -0.39 is 0 Å². The minimum Gasteiger partial charge on any atom is -0.394 e. The lowest BCUT2D eigenvalue weighted by Gasteiger charge is -1.70. The molecule has 0 aromatic rings. The molecule has 0 aliphatic rings. The minimum absolute atomic E-state index is 0.125. The molecule has 0 bridgehead atoms. The molecule has 3 nitrogen and oxygen atoms in total. The summed E-state index contributed by atoms with van der Waals surface area (Å²) in [4.78, 5) is 9.17. The van der Waals surface area contributed by atoms with E-state index >= 15 is 0 Å². The topological polar surface area (TPSA) is 57.5 Å². The second-order valence-corrected chi connectivity index (χ2v) is 1.02. The van der Waals surface area contributed by atoms with Crippen molar-refractivity contribution >= 4 is 6.29 Å². The molecule has 2 N–H and O–H groups in total. The van der Waals surface area contributed by atoms with Crippen LogP contribution in [0.4, 0.5) is 0 Å². The monoisotopic (exact) mass is 120 g/mol. The second-order valence-electron chi connectivity index (χ2n) is 1.02. The summed E-state index contributed by atoms with van der Waals surface area (Å²) < 4.78 is 0. The van der Waals surface area contributed by atoms with E-state index in [1.807, 2.05) is 6.92 Å². The van der Waals surface area contributed by atoms with E-state index in [2.05, 4.69) is 0 Å². The van der Waals surface area contributed by atoms with Crippen LogP contribution in [0, 0.1) is 0 Å². The van der Waals surface area contributed by atoms with Crippen LogP contribution in [-0.2, 0) is 4.79 Å². The van der Waals surface area contributed by atoms with Gasteiger partial charge in [0.1, 0.15) is 6.29 Å². The highest BCUT2D eigenvalue weighted by atomic mass is 16.3. The maximum atomic E-state index is 9.17. The number of carbonyl (C=O) groups is 1. The Hall–Kier alpha value is -0.410. The largest absolute Gasteiger partial charge is 0.394 e. The molecule has 0 fully saturated rings. The lowest BCUT2D eigenvalue weighted by atomic mass is 10.6. The average Bonchev–Trinajstić information content (AvgIpc) is 1.88. The summed E-state index contributed by atoms with van der Waals surface area (Å²) in [5.41, 5.74) is 0. The predicted octanol–water partition coefficient (Wildman–Crippen LogP) is -0.434. The Labute approximate surface area is 49.0 Å². The predicted molar refractivity (Wildman–Crippen MR) is 30.5 cm³/mol. The van der Waals surface area contributed by atoms with Crippen molar-refractivity contribution in [1.82, 2.24) is 0 Å². The van der Waals surface area contributed by atoms with E-state index in [0.29, 0.717) is 6.42 Å². The van der Waals surface area contributed by atoms with Gasteiger partial charge in [0.05, 0.1) is 13.2 Å². The third-order valence-corrected chi connectivity index (χ3v) is 0.267. The zero-order chi connectivity index (χ0) is 6.83. The van der Waals surface area contributed by atoms with Crippen molar-refractivity contribution in [1.29, 1.82) is 0 Å². The van der Waals surface area contributed by atoms with E-state index in [4.69, 9.17) is 10.2 Å². The molecule has 0 spiro atoms. The molecule has 0 aromatic carbocycles. The molecular weight excluding hydrogens is 108 g/mol. The van der Waals surface area contributed by atoms with Crippen LogP contribution < -0.4 is 0 Å². The van der Waals surface area contributed by atoms with Gasteiger partial charge in [-0.25, -0.2) is 0 Å². The Morgan fingerprint density at radius 1 is 1.38 bits per heavy atom. The summed E-state index contributed by atoms with van der Waals surface area (Å²) in [5.74, 6) is 0. The summed E-state index contributed by atoms with van der Waals surface area (Å²) in [6.07, 6.45) is 1.51. The average molecular weight is 120 g/mol. The van der Waals surface area contributed by atoms with Crippen molar-refractivity contribution in [2.75, 3.05) is 13.2 Å². The fraction of sp³-hybridized carbons (Fsp3) is 0.800. The zero-order valence-corrected chi connectivity index (χ0v) is 5.00. The van der Waals surface area contributed by atoms with Crippen LogP contribution in [-0.4, -0.2) is 29.7 Å². The van der Waals surface area contributed by atoms with E-state index in [9.17, 15) is 4.79 Å². The molecular formula is C5H12O3. The number of hydrogen-bond donors (Lipinski definition) is 2. The van der Waals surface area contributed by atoms with E-state index in [0.717, 1.165) is 6.29 Å². The van der Waals surface area contributed by atoms with Crippen molar-refractivity contribution in [3.05, 3.63) is 0 Å². The van der Waals surface area contributed by atoms with Gasteiger partial charge in [-0.1, -0.05) is 6.92 Å². The van der Waals surface area contributed by atoms with Crippen molar-refractivity contribution in [3.63, 3.8) is 0 Å². The van der Waals surface area contributed by atoms with Gasteiger partial charge < -0.3 is 15.0 Å². The van der Waals surface area contributed by atoms with Crippen molar-refractivity contribution in [2.24, 2.45) is 0 Å². The molecule has 0 atom stereocenters. The molecule has 0 saturated heterocycles. The number of carbonyl (C=O) groups excluding carboxylic acids is 1. The van der Waals surface area contributed by atoms with Crippen LogP contribution in [0.1, 0.15) is 13.3 Å². The fourth-order valence-corrected chi connectivity index (χ4v) is 0. The standard InChI is InChI=1S/C3H6O.C2H6O2/c1-2-3-4;3-1-2-4/h3H,2H2,1H3;3-4H,1-2H2. The van der Waals surface area contributed by atoms with Crippen molar-refractivity contribution < 1.29 is 15.0 Å². The highest BCUT2D eigenvalue weighted by molar-refractivity contribution is 5.48.